The van der Waals surface area contributed by atoms with Crippen molar-refractivity contribution in [2.45, 2.75) is 51.1 Å². The van der Waals surface area contributed by atoms with Crippen LogP contribution in [-0.4, -0.2) is 10.8 Å². The van der Waals surface area contributed by atoms with Crippen LogP contribution in [0, 0.1) is 6.92 Å². The summed E-state index contributed by atoms with van der Waals surface area (Å²) < 4.78 is 0. The van der Waals surface area contributed by atoms with Gasteiger partial charge in [0.15, 0.2) is 5.11 Å². The normalized spacial score (nSPS) is 22.4. The van der Waals surface area contributed by atoms with Gasteiger partial charge >= 0.3 is 0 Å². The molecule has 102 valence electrons. The Morgan fingerprint density at radius 3 is 2.32 bits per heavy atom. The predicted octanol–water partition coefficient (Wildman–Crippen LogP) is 3.24. The van der Waals surface area contributed by atoms with Crippen LogP contribution in [0.1, 0.15) is 44.1 Å². The number of thiocarbonyl (C=S) groups is 1. The molecule has 0 unspecified atom stereocenters. The van der Waals surface area contributed by atoms with Crippen LogP contribution in [0.2, 0.25) is 0 Å². The summed E-state index contributed by atoms with van der Waals surface area (Å²) in [7, 11) is 0. The first-order valence-electron chi connectivity index (χ1n) is 7.15. The maximum absolute atomic E-state index is 5.51. The smallest absolute Gasteiger partial charge is 0.189 e. The van der Waals surface area contributed by atoms with Gasteiger partial charge in [0, 0.05) is 0 Å². The van der Waals surface area contributed by atoms with Gasteiger partial charge in [-0.15, -0.1) is 0 Å². The molecule has 19 heavy (non-hydrogen) atoms. The molecule has 1 aromatic rings. The fourth-order valence-electron chi connectivity index (χ4n) is 3.00. The van der Waals surface area contributed by atoms with E-state index >= 15 is 0 Å². The largest absolute Gasteiger partial charge is 0.342 e. The third-order valence-corrected chi connectivity index (χ3v) is 4.41. The maximum Gasteiger partial charge on any atom is 0.189 e. The topological polar surface area (TPSA) is 27.3 Å². The Bertz CT molecular complexity index is 461. The van der Waals surface area contributed by atoms with Crippen molar-refractivity contribution in [3.63, 3.8) is 0 Å². The summed E-state index contributed by atoms with van der Waals surface area (Å²) in [5.41, 5.74) is 5.98. The van der Waals surface area contributed by atoms with Gasteiger partial charge in [-0.3, -0.25) is 5.01 Å². The number of anilines is 1. The summed E-state index contributed by atoms with van der Waals surface area (Å²) in [6, 6.07) is 8.48. The summed E-state index contributed by atoms with van der Waals surface area (Å²) in [6.07, 6.45) is 7.50. The van der Waals surface area contributed by atoms with Crippen molar-refractivity contribution in [3.8, 4) is 0 Å². The van der Waals surface area contributed by atoms with Crippen molar-refractivity contribution < 1.29 is 0 Å². The molecule has 0 aromatic heterocycles. The maximum atomic E-state index is 5.51. The molecule has 2 aliphatic rings. The van der Waals surface area contributed by atoms with Crippen LogP contribution in [0.5, 0.6) is 0 Å². The average molecular weight is 275 g/mol. The van der Waals surface area contributed by atoms with Gasteiger partial charge in [0.2, 0.25) is 0 Å². The number of hydrogen-bond donors (Lipinski definition) is 2. The third-order valence-electron chi connectivity index (χ3n) is 4.12. The number of aryl methyl sites for hydroxylation is 1. The third kappa shape index (κ3) is 2.60. The zero-order valence-corrected chi connectivity index (χ0v) is 12.2. The van der Waals surface area contributed by atoms with E-state index in [4.69, 9.17) is 12.2 Å². The highest BCUT2D eigenvalue weighted by atomic mass is 32.1. The standard InChI is InChI=1S/C15H21N3S/c1-12-6-8-13(9-7-12)18-14(19)16-15(17-18)10-4-2-3-5-11-15/h6-9,17H,2-5,10-11H2,1H3,(H,16,19). The van der Waals surface area contributed by atoms with Crippen molar-refractivity contribution >= 4 is 23.0 Å². The van der Waals surface area contributed by atoms with Gasteiger partial charge in [0.05, 0.1) is 5.69 Å². The summed E-state index contributed by atoms with van der Waals surface area (Å²) in [6.45, 7) is 2.10. The molecule has 0 radical (unpaired) electrons. The van der Waals surface area contributed by atoms with E-state index < -0.39 is 0 Å². The Hall–Kier alpha value is -1.13. The van der Waals surface area contributed by atoms with E-state index in [0.29, 0.717) is 0 Å². The molecule has 1 spiro atoms. The lowest BCUT2D eigenvalue weighted by atomic mass is 10.0. The van der Waals surface area contributed by atoms with Crippen LogP contribution in [-0.2, 0) is 0 Å². The molecule has 1 saturated carbocycles. The van der Waals surface area contributed by atoms with E-state index in [2.05, 4.69) is 41.9 Å². The van der Waals surface area contributed by atoms with Crippen molar-refractivity contribution in [1.82, 2.24) is 10.7 Å². The summed E-state index contributed by atoms with van der Waals surface area (Å²) in [5, 5.41) is 6.34. The molecule has 1 aromatic carbocycles. The first-order chi connectivity index (χ1) is 9.19. The minimum atomic E-state index is -0.0154. The number of hydrogen-bond acceptors (Lipinski definition) is 2. The van der Waals surface area contributed by atoms with Crippen LogP contribution in [0.3, 0.4) is 0 Å². The van der Waals surface area contributed by atoms with Crippen LogP contribution in [0.4, 0.5) is 5.69 Å². The van der Waals surface area contributed by atoms with E-state index in [9.17, 15) is 0 Å². The Morgan fingerprint density at radius 1 is 1.05 bits per heavy atom. The zero-order chi connectivity index (χ0) is 13.3. The van der Waals surface area contributed by atoms with Crippen molar-refractivity contribution in [1.29, 1.82) is 0 Å². The van der Waals surface area contributed by atoms with Crippen molar-refractivity contribution in [2.75, 3.05) is 5.01 Å². The first kappa shape index (κ1) is 12.9. The van der Waals surface area contributed by atoms with Gasteiger partial charge in [-0.05, 0) is 57.0 Å². The van der Waals surface area contributed by atoms with Gasteiger partial charge in [0.1, 0.15) is 5.66 Å². The number of rotatable bonds is 1. The summed E-state index contributed by atoms with van der Waals surface area (Å²) in [4.78, 5) is 0. The Labute approximate surface area is 120 Å². The molecule has 4 heteroatoms. The molecule has 2 fully saturated rings. The Balaban J connectivity index is 1.81. The fourth-order valence-corrected chi connectivity index (χ4v) is 3.34. The highest BCUT2D eigenvalue weighted by molar-refractivity contribution is 7.80. The van der Waals surface area contributed by atoms with Crippen molar-refractivity contribution in [2.24, 2.45) is 0 Å². The van der Waals surface area contributed by atoms with Gasteiger partial charge < -0.3 is 5.32 Å². The van der Waals surface area contributed by atoms with E-state index in [0.717, 1.165) is 23.6 Å². The van der Waals surface area contributed by atoms with Crippen LogP contribution < -0.4 is 15.8 Å². The molecule has 0 amide bonds. The molecule has 0 atom stereocenters. The predicted molar refractivity (Wildman–Crippen MR) is 83.0 cm³/mol. The van der Waals surface area contributed by atoms with Crippen LogP contribution in [0.25, 0.3) is 0 Å². The highest BCUT2D eigenvalue weighted by Crippen LogP contribution is 2.30. The minimum absolute atomic E-state index is 0.0154. The molecule has 1 heterocycles. The lowest BCUT2D eigenvalue weighted by Crippen LogP contribution is -2.50. The SMILES string of the molecule is Cc1ccc(N2NC3(CCCCCC3)NC2=S)cc1. The highest BCUT2D eigenvalue weighted by Gasteiger charge is 2.40. The first-order valence-corrected chi connectivity index (χ1v) is 7.56. The monoisotopic (exact) mass is 275 g/mol. The number of benzene rings is 1. The minimum Gasteiger partial charge on any atom is -0.342 e. The number of nitrogens with one attached hydrogen (secondary N) is 2. The second-order valence-electron chi connectivity index (χ2n) is 5.71. The summed E-state index contributed by atoms with van der Waals surface area (Å²) >= 11 is 5.51. The fraction of sp³-hybridized carbons (Fsp3) is 0.533. The second kappa shape index (κ2) is 5.10. The molecule has 1 saturated heterocycles. The lowest BCUT2D eigenvalue weighted by molar-refractivity contribution is 0.296. The lowest BCUT2D eigenvalue weighted by Gasteiger charge is -2.28. The van der Waals surface area contributed by atoms with Crippen LogP contribution >= 0.6 is 12.2 Å². The van der Waals surface area contributed by atoms with E-state index in [1.165, 1.54) is 31.2 Å². The number of nitrogens with zero attached hydrogens (tertiary/aromatic N) is 1. The molecule has 0 bridgehead atoms. The van der Waals surface area contributed by atoms with Gasteiger partial charge in [-0.1, -0.05) is 30.5 Å². The van der Waals surface area contributed by atoms with Crippen LogP contribution in [0.15, 0.2) is 24.3 Å². The van der Waals surface area contributed by atoms with Gasteiger partial charge in [-0.25, -0.2) is 5.43 Å². The molecular weight excluding hydrogens is 254 g/mol. The van der Waals surface area contributed by atoms with Gasteiger partial charge in [0.25, 0.3) is 0 Å². The molecule has 3 nitrogen and oxygen atoms in total. The molecular formula is C15H21N3S. The van der Waals surface area contributed by atoms with Crippen molar-refractivity contribution in [3.05, 3.63) is 29.8 Å². The van der Waals surface area contributed by atoms with E-state index in [1.54, 1.807) is 0 Å². The Kier molecular flexibility index (Phi) is 3.46. The second-order valence-corrected chi connectivity index (χ2v) is 6.10. The molecule has 1 aliphatic carbocycles. The molecule has 2 N–H and O–H groups in total. The van der Waals surface area contributed by atoms with Gasteiger partial charge in [-0.2, -0.15) is 0 Å². The Morgan fingerprint density at radius 2 is 1.68 bits per heavy atom. The number of hydrazine groups is 1. The quantitative estimate of drug-likeness (QED) is 0.769. The average Bonchev–Trinajstić information content (AvgIpc) is 2.58. The molecule has 3 rings (SSSR count). The van der Waals surface area contributed by atoms with E-state index in [-0.39, 0.29) is 5.66 Å². The molecule has 1 aliphatic heterocycles. The zero-order valence-electron chi connectivity index (χ0n) is 11.4. The summed E-state index contributed by atoms with van der Waals surface area (Å²) in [5.74, 6) is 0. The van der Waals surface area contributed by atoms with E-state index in [1.807, 2.05) is 5.01 Å².